The Kier molecular flexibility index (Phi) is 9.89. The molecule has 7 rings (SSSR count). The zero-order chi connectivity index (χ0) is 38.3. The van der Waals surface area contributed by atoms with Crippen LogP contribution in [0.25, 0.3) is 50.1 Å². The maximum atomic E-state index is 6.19. The third-order valence-electron chi connectivity index (χ3n) is 10.1. The van der Waals surface area contributed by atoms with Gasteiger partial charge in [-0.05, 0) is 102 Å². The Balaban J connectivity index is 1.29. The largest absolute Gasteiger partial charge is 0.399 e. The van der Waals surface area contributed by atoms with Crippen LogP contribution in [0.15, 0.2) is 71.3 Å². The number of rotatable bonds is 13. The minimum Gasteiger partial charge on any atom is -0.399 e. The molecule has 5 aromatic heterocycles. The zero-order valence-electron chi connectivity index (χ0n) is 32.5. The quantitative estimate of drug-likeness (QED) is 0.0945. The van der Waals surface area contributed by atoms with Crippen LogP contribution in [0.4, 0.5) is 5.82 Å². The Morgan fingerprint density at radius 3 is 2.26 bits per heavy atom. The molecule has 0 amide bonds. The van der Waals surface area contributed by atoms with Gasteiger partial charge >= 0.3 is 0 Å². The number of fused-ring (bicyclic) bond motifs is 4. The molecule has 0 atom stereocenters. The van der Waals surface area contributed by atoms with Gasteiger partial charge in [0.1, 0.15) is 17.2 Å². The Bertz CT molecular complexity index is 2640. The van der Waals surface area contributed by atoms with Crippen molar-refractivity contribution < 1.29 is 0 Å². The number of hydrogen-bond donors (Lipinski definition) is 1. The fourth-order valence-electron chi connectivity index (χ4n) is 7.76. The summed E-state index contributed by atoms with van der Waals surface area (Å²) in [6.07, 6.45) is 9.19. The highest BCUT2D eigenvalue weighted by atomic mass is 15.3. The SMILES string of the molecule is C=Nc1c(/C=N\Cc2cc(C)nn2CC)c2cc(C)cc(CC)c2n1C/C=C/Cn1c2nc(-c3cc(C)nn3CC)ncc2c2cc(C(=C)N)cc(C)c21. The van der Waals surface area contributed by atoms with Crippen LogP contribution in [-0.4, -0.2) is 51.6 Å². The molecule has 11 heteroatoms. The molecular formula is C43H49N11. The Morgan fingerprint density at radius 2 is 1.56 bits per heavy atom. The first-order chi connectivity index (χ1) is 26.1. The molecule has 0 fully saturated rings. The molecule has 54 heavy (non-hydrogen) atoms. The van der Waals surface area contributed by atoms with Crippen LogP contribution in [0, 0.1) is 27.7 Å². The van der Waals surface area contributed by atoms with Gasteiger partial charge in [-0.3, -0.25) is 14.4 Å². The first-order valence-corrected chi connectivity index (χ1v) is 18.7. The van der Waals surface area contributed by atoms with Crippen LogP contribution < -0.4 is 5.73 Å². The molecule has 0 aliphatic heterocycles. The van der Waals surface area contributed by atoms with Gasteiger partial charge in [-0.15, -0.1) is 0 Å². The number of nitrogens with zero attached hydrogens (tertiary/aromatic N) is 10. The average Bonchev–Trinajstić information content (AvgIpc) is 3.89. The van der Waals surface area contributed by atoms with Crippen molar-refractivity contribution in [3.8, 4) is 11.5 Å². The molecule has 5 heterocycles. The zero-order valence-corrected chi connectivity index (χ0v) is 32.5. The predicted molar refractivity (Wildman–Crippen MR) is 223 cm³/mol. The van der Waals surface area contributed by atoms with Gasteiger partial charge < -0.3 is 14.9 Å². The van der Waals surface area contributed by atoms with E-state index in [4.69, 9.17) is 20.7 Å². The average molecular weight is 720 g/mol. The third-order valence-corrected chi connectivity index (χ3v) is 10.1. The highest BCUT2D eigenvalue weighted by molar-refractivity contribution is 6.09. The van der Waals surface area contributed by atoms with Gasteiger partial charge in [0.05, 0.1) is 34.7 Å². The van der Waals surface area contributed by atoms with E-state index >= 15 is 0 Å². The van der Waals surface area contributed by atoms with Crippen molar-refractivity contribution in [1.29, 1.82) is 0 Å². The highest BCUT2D eigenvalue weighted by Gasteiger charge is 2.20. The monoisotopic (exact) mass is 719 g/mol. The second-order valence-electron chi connectivity index (χ2n) is 14.0. The van der Waals surface area contributed by atoms with Crippen LogP contribution in [0.2, 0.25) is 0 Å². The molecule has 0 aliphatic rings. The van der Waals surface area contributed by atoms with E-state index < -0.39 is 0 Å². The van der Waals surface area contributed by atoms with E-state index in [9.17, 15) is 0 Å². The van der Waals surface area contributed by atoms with Crippen LogP contribution in [0.5, 0.6) is 0 Å². The molecule has 0 spiro atoms. The van der Waals surface area contributed by atoms with E-state index in [2.05, 4.69) is 115 Å². The van der Waals surface area contributed by atoms with Crippen LogP contribution in [-0.2, 0) is 39.1 Å². The normalized spacial score (nSPS) is 12.1. The lowest BCUT2D eigenvalue weighted by Gasteiger charge is -2.10. The van der Waals surface area contributed by atoms with Gasteiger partial charge in [0.25, 0.3) is 0 Å². The molecule has 0 unspecified atom stereocenters. The summed E-state index contributed by atoms with van der Waals surface area (Å²) < 4.78 is 8.49. The molecule has 2 aromatic carbocycles. The molecule has 0 radical (unpaired) electrons. The Hall–Kier alpha value is -6.10. The van der Waals surface area contributed by atoms with Crippen LogP contribution in [0.1, 0.15) is 65.7 Å². The van der Waals surface area contributed by atoms with Crippen molar-refractivity contribution in [2.75, 3.05) is 0 Å². The number of nitrogens with two attached hydrogens (primary N) is 1. The number of hydrogen-bond acceptors (Lipinski definition) is 7. The predicted octanol–water partition coefficient (Wildman–Crippen LogP) is 8.57. The Labute approximate surface area is 316 Å². The van der Waals surface area contributed by atoms with Gasteiger partial charge in [-0.25, -0.2) is 15.0 Å². The van der Waals surface area contributed by atoms with Gasteiger partial charge in [0.15, 0.2) is 5.82 Å². The minimum atomic E-state index is 0.528. The summed E-state index contributed by atoms with van der Waals surface area (Å²) in [5.74, 6) is 1.45. The summed E-state index contributed by atoms with van der Waals surface area (Å²) in [5, 5.41) is 12.4. The number of aryl methyl sites for hydroxylation is 7. The van der Waals surface area contributed by atoms with E-state index in [-0.39, 0.29) is 0 Å². The molecule has 0 saturated heterocycles. The smallest absolute Gasteiger partial charge is 0.179 e. The summed E-state index contributed by atoms with van der Waals surface area (Å²) in [6.45, 7) is 26.0. The van der Waals surface area contributed by atoms with Gasteiger partial charge in [-0.1, -0.05) is 37.3 Å². The Morgan fingerprint density at radius 1 is 0.833 bits per heavy atom. The van der Waals surface area contributed by atoms with Crippen molar-refractivity contribution in [2.45, 2.75) is 87.6 Å². The van der Waals surface area contributed by atoms with Crippen LogP contribution >= 0.6 is 0 Å². The lowest BCUT2D eigenvalue weighted by atomic mass is 10.0. The fourth-order valence-corrected chi connectivity index (χ4v) is 7.76. The molecule has 7 aromatic rings. The molecule has 11 nitrogen and oxygen atoms in total. The van der Waals surface area contributed by atoms with Crippen molar-refractivity contribution in [2.24, 2.45) is 15.7 Å². The van der Waals surface area contributed by atoms with Gasteiger partial charge in [-0.2, -0.15) is 10.2 Å². The number of allylic oxidation sites excluding steroid dienone is 2. The fraction of sp³-hybridized carbons (Fsp3) is 0.302. The molecule has 0 bridgehead atoms. The molecule has 276 valence electrons. The molecule has 0 saturated carbocycles. The maximum absolute atomic E-state index is 6.19. The summed E-state index contributed by atoms with van der Waals surface area (Å²) in [7, 11) is 0. The van der Waals surface area contributed by atoms with E-state index in [1.54, 1.807) is 0 Å². The molecular weight excluding hydrogens is 671 g/mol. The molecule has 2 N–H and O–H groups in total. The summed E-state index contributed by atoms with van der Waals surface area (Å²) in [4.78, 5) is 19.5. The van der Waals surface area contributed by atoms with E-state index in [0.717, 1.165) is 97.6 Å². The summed E-state index contributed by atoms with van der Waals surface area (Å²) in [6, 6.07) is 12.8. The second kappa shape index (κ2) is 14.7. The van der Waals surface area contributed by atoms with Gasteiger partial charge in [0.2, 0.25) is 0 Å². The summed E-state index contributed by atoms with van der Waals surface area (Å²) >= 11 is 0. The van der Waals surface area contributed by atoms with E-state index in [1.807, 2.05) is 41.7 Å². The standard InChI is InChI=1S/C43H49N11/c1-10-31-17-26(4)18-34-36(24-46-23-33-20-28(6)49-53(33)11-2)42(45-9)52(40(31)34)16-14-13-15-51-39-27(5)19-32(30(8)44)22-35(39)37-25-47-41(48-43(37)51)38-21-29(7)50-54(38)12-3/h13-14,17-22,24-25H,8-12,15-16,23,44H2,1-7H3/b14-13+,46-24-. The summed E-state index contributed by atoms with van der Waals surface area (Å²) in [5.41, 5.74) is 19.2. The van der Waals surface area contributed by atoms with Crippen LogP contribution in [0.3, 0.4) is 0 Å². The van der Waals surface area contributed by atoms with Gasteiger partial charge in [0, 0.05) is 66.0 Å². The minimum absolute atomic E-state index is 0.528. The second-order valence-corrected chi connectivity index (χ2v) is 14.0. The number of benzene rings is 2. The lowest BCUT2D eigenvalue weighted by molar-refractivity contribution is 0.619. The topological polar surface area (TPSA) is 122 Å². The van der Waals surface area contributed by atoms with Crippen molar-refractivity contribution in [1.82, 2.24) is 38.7 Å². The molecule has 0 aliphatic carbocycles. The lowest BCUT2D eigenvalue weighted by Crippen LogP contribution is -2.04. The van der Waals surface area contributed by atoms with Crippen molar-refractivity contribution in [3.05, 3.63) is 106 Å². The maximum Gasteiger partial charge on any atom is 0.179 e. The highest BCUT2D eigenvalue weighted by Crippen LogP contribution is 2.36. The first kappa shape index (κ1) is 36.3. The number of aliphatic imine (C=N–C) groups is 2. The first-order valence-electron chi connectivity index (χ1n) is 18.7. The van der Waals surface area contributed by atoms with Crippen molar-refractivity contribution >= 4 is 57.3 Å². The van der Waals surface area contributed by atoms with E-state index in [0.29, 0.717) is 31.2 Å². The number of aromatic nitrogens is 8. The van der Waals surface area contributed by atoms with Crippen molar-refractivity contribution in [3.63, 3.8) is 0 Å². The third kappa shape index (κ3) is 6.44. The van der Waals surface area contributed by atoms with E-state index in [1.165, 1.54) is 11.1 Å².